The Balaban J connectivity index is 3.04. The van der Waals surface area contributed by atoms with Gasteiger partial charge in [-0.1, -0.05) is 6.92 Å². The zero-order chi connectivity index (χ0) is 12.3. The number of rotatable bonds is 4. The number of thiophene rings is 1. The molecule has 0 radical (unpaired) electrons. The number of anilines is 1. The summed E-state index contributed by atoms with van der Waals surface area (Å²) in [6.07, 6.45) is 0.869. The van der Waals surface area contributed by atoms with Crippen molar-refractivity contribution in [3.63, 3.8) is 0 Å². The highest BCUT2D eigenvalue weighted by atomic mass is 32.1. The maximum atomic E-state index is 11.8. The van der Waals surface area contributed by atoms with E-state index >= 15 is 0 Å². The van der Waals surface area contributed by atoms with Crippen LogP contribution in [0.5, 0.6) is 0 Å². The molecule has 5 heteroatoms. The Labute approximate surface area is 98.8 Å². The average Bonchev–Trinajstić information content (AvgIpc) is 2.51. The first-order valence-electron chi connectivity index (χ1n) is 5.17. The molecule has 0 unspecified atom stereocenters. The van der Waals surface area contributed by atoms with Crippen LogP contribution in [-0.2, 0) is 0 Å². The SMILES string of the molecule is CCCNC(=O)c1c(N)sc(C(C)=O)c1C. The lowest BCUT2D eigenvalue weighted by Gasteiger charge is -2.03. The minimum atomic E-state index is -0.194. The van der Waals surface area contributed by atoms with Crippen LogP contribution in [0.3, 0.4) is 0 Å². The molecule has 0 fully saturated rings. The van der Waals surface area contributed by atoms with Crippen LogP contribution in [0.15, 0.2) is 0 Å². The molecule has 4 nitrogen and oxygen atoms in total. The van der Waals surface area contributed by atoms with Crippen molar-refractivity contribution in [2.75, 3.05) is 12.3 Å². The van der Waals surface area contributed by atoms with Crippen LogP contribution in [0, 0.1) is 6.92 Å². The third kappa shape index (κ3) is 2.41. The number of hydrogen-bond donors (Lipinski definition) is 2. The normalized spacial score (nSPS) is 10.2. The third-order valence-corrected chi connectivity index (χ3v) is 3.48. The molecule has 1 heterocycles. The van der Waals surface area contributed by atoms with E-state index in [0.29, 0.717) is 27.5 Å². The van der Waals surface area contributed by atoms with E-state index in [9.17, 15) is 9.59 Å². The van der Waals surface area contributed by atoms with Gasteiger partial charge >= 0.3 is 0 Å². The minimum Gasteiger partial charge on any atom is -0.390 e. The summed E-state index contributed by atoms with van der Waals surface area (Å²) in [7, 11) is 0. The summed E-state index contributed by atoms with van der Waals surface area (Å²) in [5.74, 6) is -0.246. The number of nitrogens with two attached hydrogens (primary N) is 1. The molecule has 0 bridgehead atoms. The van der Waals surface area contributed by atoms with Crippen LogP contribution in [0.4, 0.5) is 5.00 Å². The highest BCUT2D eigenvalue weighted by molar-refractivity contribution is 7.18. The summed E-state index contributed by atoms with van der Waals surface area (Å²) in [6, 6.07) is 0. The van der Waals surface area contributed by atoms with Gasteiger partial charge in [-0.3, -0.25) is 9.59 Å². The molecular formula is C11H16N2O2S. The largest absolute Gasteiger partial charge is 0.390 e. The lowest BCUT2D eigenvalue weighted by molar-refractivity contribution is 0.0954. The number of nitrogens with one attached hydrogen (secondary N) is 1. The summed E-state index contributed by atoms with van der Waals surface area (Å²) in [5, 5.41) is 3.17. The molecule has 0 aromatic carbocycles. The third-order valence-electron chi connectivity index (χ3n) is 2.26. The molecule has 1 rings (SSSR count). The highest BCUT2D eigenvalue weighted by Gasteiger charge is 2.20. The quantitative estimate of drug-likeness (QED) is 0.790. The van der Waals surface area contributed by atoms with Crippen LogP contribution in [0.2, 0.25) is 0 Å². The molecule has 0 aliphatic rings. The van der Waals surface area contributed by atoms with Crippen molar-refractivity contribution in [3.05, 3.63) is 16.0 Å². The zero-order valence-electron chi connectivity index (χ0n) is 9.72. The Morgan fingerprint density at radius 2 is 2.06 bits per heavy atom. The molecule has 0 saturated heterocycles. The van der Waals surface area contributed by atoms with Gasteiger partial charge < -0.3 is 11.1 Å². The summed E-state index contributed by atoms with van der Waals surface area (Å²) in [4.78, 5) is 23.6. The van der Waals surface area contributed by atoms with Crippen LogP contribution < -0.4 is 11.1 Å². The maximum Gasteiger partial charge on any atom is 0.254 e. The van der Waals surface area contributed by atoms with Crippen molar-refractivity contribution < 1.29 is 9.59 Å². The van der Waals surface area contributed by atoms with Gasteiger partial charge in [-0.15, -0.1) is 11.3 Å². The van der Waals surface area contributed by atoms with E-state index in [1.807, 2.05) is 6.92 Å². The fourth-order valence-electron chi connectivity index (χ4n) is 1.48. The summed E-state index contributed by atoms with van der Waals surface area (Å²) < 4.78 is 0. The van der Waals surface area contributed by atoms with Crippen molar-refractivity contribution in [3.8, 4) is 0 Å². The molecule has 88 valence electrons. The van der Waals surface area contributed by atoms with E-state index in [0.717, 1.165) is 6.42 Å². The van der Waals surface area contributed by atoms with Crippen molar-refractivity contribution in [2.24, 2.45) is 0 Å². The van der Waals surface area contributed by atoms with Crippen molar-refractivity contribution in [2.45, 2.75) is 27.2 Å². The van der Waals surface area contributed by atoms with Gasteiger partial charge in [0.2, 0.25) is 0 Å². The Morgan fingerprint density at radius 1 is 1.44 bits per heavy atom. The van der Waals surface area contributed by atoms with E-state index in [-0.39, 0.29) is 11.7 Å². The predicted molar refractivity (Wildman–Crippen MR) is 66.1 cm³/mol. The maximum absolute atomic E-state index is 11.8. The zero-order valence-corrected chi connectivity index (χ0v) is 10.5. The van der Waals surface area contributed by atoms with Crippen molar-refractivity contribution in [1.29, 1.82) is 0 Å². The number of carbonyl (C=O) groups excluding carboxylic acids is 2. The summed E-state index contributed by atoms with van der Waals surface area (Å²) in [5.41, 5.74) is 6.89. The molecule has 0 aliphatic carbocycles. The highest BCUT2D eigenvalue weighted by Crippen LogP contribution is 2.30. The first-order chi connectivity index (χ1) is 7.49. The Kier molecular flexibility index (Phi) is 4.06. The molecule has 1 amide bonds. The monoisotopic (exact) mass is 240 g/mol. The first kappa shape index (κ1) is 12.7. The van der Waals surface area contributed by atoms with Gasteiger partial charge in [0.05, 0.1) is 15.4 Å². The molecule has 1 aromatic heterocycles. The average molecular weight is 240 g/mol. The second-order valence-electron chi connectivity index (χ2n) is 3.61. The van der Waals surface area contributed by atoms with Gasteiger partial charge in [0.25, 0.3) is 5.91 Å². The topological polar surface area (TPSA) is 72.2 Å². The van der Waals surface area contributed by atoms with Gasteiger partial charge in [-0.25, -0.2) is 0 Å². The van der Waals surface area contributed by atoms with E-state index in [2.05, 4.69) is 5.32 Å². The predicted octanol–water partition coefficient (Wildman–Crippen LogP) is 1.98. The lowest BCUT2D eigenvalue weighted by atomic mass is 10.1. The van der Waals surface area contributed by atoms with Gasteiger partial charge in [-0.2, -0.15) is 0 Å². The molecule has 16 heavy (non-hydrogen) atoms. The van der Waals surface area contributed by atoms with Gasteiger partial charge in [0.1, 0.15) is 0 Å². The van der Waals surface area contributed by atoms with Gasteiger partial charge in [0, 0.05) is 6.54 Å². The molecule has 3 N–H and O–H groups in total. The van der Waals surface area contributed by atoms with Gasteiger partial charge in [-0.05, 0) is 25.8 Å². The van der Waals surface area contributed by atoms with Crippen LogP contribution >= 0.6 is 11.3 Å². The Bertz CT molecular complexity index is 424. The smallest absolute Gasteiger partial charge is 0.254 e. The van der Waals surface area contributed by atoms with E-state index in [4.69, 9.17) is 5.73 Å². The molecule has 0 spiro atoms. The van der Waals surface area contributed by atoms with E-state index < -0.39 is 0 Å². The first-order valence-corrected chi connectivity index (χ1v) is 5.98. The second-order valence-corrected chi connectivity index (χ2v) is 4.66. The molecule has 0 atom stereocenters. The second kappa shape index (κ2) is 5.12. The summed E-state index contributed by atoms with van der Waals surface area (Å²) >= 11 is 1.18. The molecular weight excluding hydrogens is 224 g/mol. The fourth-order valence-corrected chi connectivity index (χ4v) is 2.45. The number of nitrogen functional groups attached to an aromatic ring is 1. The molecule has 0 aliphatic heterocycles. The Hall–Kier alpha value is -1.36. The van der Waals surface area contributed by atoms with Crippen molar-refractivity contribution in [1.82, 2.24) is 5.32 Å². The van der Waals surface area contributed by atoms with Gasteiger partial charge in [0.15, 0.2) is 5.78 Å². The molecule has 1 aromatic rings. The number of Topliss-reactive ketones (excluding diaryl/α,β-unsaturated/α-hetero) is 1. The standard InChI is InChI=1S/C11H16N2O2S/c1-4-5-13-11(15)8-6(2)9(7(3)14)16-10(8)12/h4-5,12H2,1-3H3,(H,13,15). The Morgan fingerprint density at radius 3 is 2.50 bits per heavy atom. The number of hydrogen-bond acceptors (Lipinski definition) is 4. The van der Waals surface area contributed by atoms with Crippen molar-refractivity contribution >= 4 is 28.0 Å². The summed E-state index contributed by atoms with van der Waals surface area (Å²) in [6.45, 7) is 5.82. The minimum absolute atomic E-state index is 0.0521. The lowest BCUT2D eigenvalue weighted by Crippen LogP contribution is -2.25. The van der Waals surface area contributed by atoms with E-state index in [1.165, 1.54) is 18.3 Å². The number of ketones is 1. The fraction of sp³-hybridized carbons (Fsp3) is 0.455. The van der Waals surface area contributed by atoms with E-state index in [1.54, 1.807) is 6.92 Å². The van der Waals surface area contributed by atoms with Crippen LogP contribution in [-0.4, -0.2) is 18.2 Å². The van der Waals surface area contributed by atoms with Crippen LogP contribution in [0.25, 0.3) is 0 Å². The molecule has 0 saturated carbocycles. The number of amides is 1. The number of carbonyl (C=O) groups is 2. The van der Waals surface area contributed by atoms with Crippen LogP contribution in [0.1, 0.15) is 45.9 Å².